The minimum atomic E-state index is -5.51. The molecule has 25 heavy (non-hydrogen) atoms. The van der Waals surface area contributed by atoms with E-state index in [1.807, 2.05) is 0 Å². The van der Waals surface area contributed by atoms with Crippen LogP contribution in [0.2, 0.25) is 0 Å². The van der Waals surface area contributed by atoms with Gasteiger partial charge in [0.2, 0.25) is 0 Å². The molecule has 144 valence electrons. The number of rotatable bonds is 9. The molecule has 0 aliphatic heterocycles. The largest absolute Gasteiger partial charge is 0.453 e. The fourth-order valence-corrected chi connectivity index (χ4v) is 3.22. The number of hydrogen-bond acceptors (Lipinski definition) is 2. The Hall–Kier alpha value is -1.22. The minimum absolute atomic E-state index is 0.164. The molecule has 1 rings (SSSR count). The Balaban J connectivity index is 2.39. The van der Waals surface area contributed by atoms with Crippen molar-refractivity contribution >= 4 is 10.1 Å². The topological polar surface area (TPSA) is 54.4 Å². The Bertz CT molecular complexity index is 669. The van der Waals surface area contributed by atoms with Crippen molar-refractivity contribution < 1.29 is 34.9 Å². The summed E-state index contributed by atoms with van der Waals surface area (Å²) in [4.78, 5) is -0.164. The molecule has 1 N–H and O–H groups in total. The fourth-order valence-electron chi connectivity index (χ4n) is 2.49. The molecule has 3 nitrogen and oxygen atoms in total. The van der Waals surface area contributed by atoms with E-state index in [1.54, 1.807) is 19.1 Å². The maximum atomic E-state index is 12.7. The lowest BCUT2D eigenvalue weighted by molar-refractivity contribution is -0.284. The third-order valence-electron chi connectivity index (χ3n) is 3.85. The molecule has 0 bridgehead atoms. The van der Waals surface area contributed by atoms with E-state index in [4.69, 9.17) is 0 Å². The smallest absolute Gasteiger partial charge is 0.282 e. The Morgan fingerprint density at radius 1 is 0.960 bits per heavy atom. The van der Waals surface area contributed by atoms with Gasteiger partial charge in [0.05, 0.1) is 4.90 Å². The van der Waals surface area contributed by atoms with Crippen LogP contribution in [0.15, 0.2) is 23.1 Å². The van der Waals surface area contributed by atoms with Gasteiger partial charge in [-0.1, -0.05) is 37.0 Å². The molecule has 0 saturated carbocycles. The van der Waals surface area contributed by atoms with E-state index in [2.05, 4.69) is 0 Å². The molecule has 0 amide bonds. The van der Waals surface area contributed by atoms with E-state index in [0.29, 0.717) is 31.2 Å². The predicted molar refractivity (Wildman–Crippen MR) is 83.4 cm³/mol. The van der Waals surface area contributed by atoms with Gasteiger partial charge in [0.1, 0.15) is 0 Å². The van der Waals surface area contributed by atoms with Crippen molar-refractivity contribution in [3.63, 3.8) is 0 Å². The Labute approximate surface area is 144 Å². The molecule has 0 fully saturated rings. The first kappa shape index (κ1) is 21.8. The number of benzene rings is 1. The number of unbranched alkanes of at least 4 members (excludes halogenated alkanes) is 4. The number of aryl methyl sites for hydroxylation is 2. The highest BCUT2D eigenvalue weighted by atomic mass is 32.2. The van der Waals surface area contributed by atoms with Crippen LogP contribution in [0.5, 0.6) is 0 Å². The summed E-state index contributed by atoms with van der Waals surface area (Å²) in [5, 5.41) is 0. The molecule has 0 radical (unpaired) electrons. The molecule has 9 heteroatoms. The molecule has 0 saturated heterocycles. The van der Waals surface area contributed by atoms with Crippen LogP contribution in [0.1, 0.15) is 49.7 Å². The average molecular weight is 388 g/mol. The van der Waals surface area contributed by atoms with Crippen LogP contribution in [0.4, 0.5) is 22.0 Å². The average Bonchev–Trinajstić information content (AvgIpc) is 2.43. The van der Waals surface area contributed by atoms with Crippen LogP contribution in [-0.4, -0.2) is 25.1 Å². The van der Waals surface area contributed by atoms with Crippen molar-refractivity contribution in [2.75, 3.05) is 0 Å². The quantitative estimate of drug-likeness (QED) is 0.354. The standard InChI is InChI=1S/C16H21F5O3S/c1-12-8-9-14(25(22,23)24)13(11-12)7-5-3-2-4-6-10-15(17,18)16(19,20)21/h8-9,11H,2-7,10H2,1H3,(H,22,23,24). The molecular formula is C16H21F5O3S. The fraction of sp³-hybridized carbons (Fsp3) is 0.625. The number of halogens is 5. The summed E-state index contributed by atoms with van der Waals surface area (Å²) in [7, 11) is -4.32. The van der Waals surface area contributed by atoms with E-state index in [1.165, 1.54) is 6.07 Å². The van der Waals surface area contributed by atoms with Gasteiger partial charge in [0, 0.05) is 6.42 Å². The van der Waals surface area contributed by atoms with Gasteiger partial charge >= 0.3 is 12.1 Å². The van der Waals surface area contributed by atoms with Gasteiger partial charge in [-0.2, -0.15) is 30.4 Å². The van der Waals surface area contributed by atoms with Gasteiger partial charge in [0.15, 0.2) is 0 Å². The molecule has 0 aliphatic carbocycles. The third-order valence-corrected chi connectivity index (χ3v) is 4.80. The molecular weight excluding hydrogens is 367 g/mol. The van der Waals surface area contributed by atoms with Gasteiger partial charge in [-0.05, 0) is 37.8 Å². The van der Waals surface area contributed by atoms with Crippen molar-refractivity contribution in [3.8, 4) is 0 Å². The molecule has 0 atom stereocenters. The molecule has 1 aromatic carbocycles. The lowest BCUT2D eigenvalue weighted by Crippen LogP contribution is -2.36. The summed E-state index contributed by atoms with van der Waals surface area (Å²) < 4.78 is 93.2. The van der Waals surface area contributed by atoms with Crippen LogP contribution in [0, 0.1) is 6.92 Å². The zero-order chi connectivity index (χ0) is 19.3. The highest BCUT2D eigenvalue weighted by molar-refractivity contribution is 7.85. The Kier molecular flexibility index (Phi) is 7.37. The second-order valence-corrected chi connectivity index (χ2v) is 7.45. The summed E-state index contributed by atoms with van der Waals surface area (Å²) >= 11 is 0. The van der Waals surface area contributed by atoms with Gasteiger partial charge in [-0.25, -0.2) is 0 Å². The van der Waals surface area contributed by atoms with E-state index < -0.39 is 28.6 Å². The van der Waals surface area contributed by atoms with Crippen molar-refractivity contribution in [3.05, 3.63) is 29.3 Å². The normalized spacial score (nSPS) is 13.2. The van der Waals surface area contributed by atoms with E-state index >= 15 is 0 Å². The van der Waals surface area contributed by atoms with E-state index in [0.717, 1.165) is 5.56 Å². The maximum Gasteiger partial charge on any atom is 0.453 e. The second-order valence-electron chi connectivity index (χ2n) is 6.06. The predicted octanol–water partition coefficient (Wildman–Crippen LogP) is 5.32. The van der Waals surface area contributed by atoms with Gasteiger partial charge in [0.25, 0.3) is 10.1 Å². The molecule has 1 aromatic rings. The summed E-state index contributed by atoms with van der Waals surface area (Å²) in [6.07, 6.45) is -4.77. The molecule has 0 aliphatic rings. The summed E-state index contributed by atoms with van der Waals surface area (Å²) in [6, 6.07) is 4.53. The lowest BCUT2D eigenvalue weighted by Gasteiger charge is -2.19. The first-order valence-electron chi connectivity index (χ1n) is 7.86. The molecule has 0 heterocycles. The van der Waals surface area contributed by atoms with E-state index in [9.17, 15) is 34.9 Å². The maximum absolute atomic E-state index is 12.7. The molecule has 0 unspecified atom stereocenters. The van der Waals surface area contributed by atoms with Crippen molar-refractivity contribution in [1.29, 1.82) is 0 Å². The Morgan fingerprint density at radius 3 is 2.08 bits per heavy atom. The van der Waals surface area contributed by atoms with Gasteiger partial charge in [-0.3, -0.25) is 4.55 Å². The number of hydrogen-bond donors (Lipinski definition) is 1. The zero-order valence-corrected chi connectivity index (χ0v) is 14.6. The van der Waals surface area contributed by atoms with Gasteiger partial charge in [-0.15, -0.1) is 0 Å². The first-order valence-corrected chi connectivity index (χ1v) is 9.30. The van der Waals surface area contributed by atoms with Gasteiger partial charge < -0.3 is 0 Å². The van der Waals surface area contributed by atoms with Crippen molar-refractivity contribution in [1.82, 2.24) is 0 Å². The highest BCUT2D eigenvalue weighted by Crippen LogP contribution is 2.39. The van der Waals surface area contributed by atoms with E-state index in [-0.39, 0.29) is 17.7 Å². The second kappa shape index (κ2) is 8.44. The van der Waals surface area contributed by atoms with Crippen LogP contribution in [0.3, 0.4) is 0 Å². The first-order chi connectivity index (χ1) is 11.3. The molecule has 0 aromatic heterocycles. The Morgan fingerprint density at radius 2 is 1.52 bits per heavy atom. The van der Waals surface area contributed by atoms with Crippen molar-refractivity contribution in [2.24, 2.45) is 0 Å². The summed E-state index contributed by atoms with van der Waals surface area (Å²) in [6.45, 7) is 1.78. The summed E-state index contributed by atoms with van der Waals surface area (Å²) in [5.74, 6) is -4.65. The van der Waals surface area contributed by atoms with Crippen LogP contribution in [-0.2, 0) is 16.5 Å². The minimum Gasteiger partial charge on any atom is -0.282 e. The SMILES string of the molecule is Cc1ccc(S(=O)(=O)O)c(CCCCCCCC(F)(F)C(F)(F)F)c1. The summed E-state index contributed by atoms with van der Waals surface area (Å²) in [5.41, 5.74) is 1.29. The van der Waals surface area contributed by atoms with Crippen LogP contribution < -0.4 is 0 Å². The molecule has 0 spiro atoms. The zero-order valence-electron chi connectivity index (χ0n) is 13.7. The third kappa shape index (κ3) is 6.89. The van der Waals surface area contributed by atoms with Crippen LogP contribution in [0.25, 0.3) is 0 Å². The highest BCUT2D eigenvalue weighted by Gasteiger charge is 2.56. The van der Waals surface area contributed by atoms with Crippen molar-refractivity contribution in [2.45, 2.75) is 68.9 Å². The van der Waals surface area contributed by atoms with Crippen LogP contribution >= 0.6 is 0 Å². The number of alkyl halides is 5. The monoisotopic (exact) mass is 388 g/mol. The lowest BCUT2D eigenvalue weighted by atomic mass is 10.0.